The first-order valence-electron chi connectivity index (χ1n) is 7.70. The van der Waals surface area contributed by atoms with Gasteiger partial charge in [-0.3, -0.25) is 9.59 Å². The SMILES string of the molecule is CC1(O)CC(C(=O)N2CCc3ccccc3[C@H]2CC(=O)O)C1. The zero-order valence-electron chi connectivity index (χ0n) is 12.7. The molecule has 2 aliphatic rings. The Kier molecular flexibility index (Phi) is 3.68. The molecule has 0 saturated heterocycles. The van der Waals surface area contributed by atoms with Crippen LogP contribution < -0.4 is 0 Å². The van der Waals surface area contributed by atoms with Crippen LogP contribution in [0.25, 0.3) is 0 Å². The number of carboxylic acid groups (broad SMARTS) is 1. The first-order valence-corrected chi connectivity index (χ1v) is 7.70. The quantitative estimate of drug-likeness (QED) is 0.891. The first kappa shape index (κ1) is 15.0. The highest BCUT2D eigenvalue weighted by atomic mass is 16.4. The van der Waals surface area contributed by atoms with Gasteiger partial charge in [-0.1, -0.05) is 24.3 Å². The van der Waals surface area contributed by atoms with Gasteiger partial charge >= 0.3 is 5.97 Å². The van der Waals surface area contributed by atoms with Crippen LogP contribution in [0.5, 0.6) is 0 Å². The van der Waals surface area contributed by atoms with E-state index >= 15 is 0 Å². The second-order valence-corrected chi connectivity index (χ2v) is 6.70. The molecule has 1 atom stereocenters. The van der Waals surface area contributed by atoms with Crippen molar-refractivity contribution in [1.29, 1.82) is 0 Å². The molecule has 1 aliphatic heterocycles. The van der Waals surface area contributed by atoms with Gasteiger partial charge in [0.1, 0.15) is 0 Å². The third-order valence-corrected chi connectivity index (χ3v) is 4.78. The van der Waals surface area contributed by atoms with Gasteiger partial charge in [-0.2, -0.15) is 0 Å². The van der Waals surface area contributed by atoms with Crippen molar-refractivity contribution in [2.24, 2.45) is 5.92 Å². The van der Waals surface area contributed by atoms with Crippen molar-refractivity contribution in [2.75, 3.05) is 6.54 Å². The van der Waals surface area contributed by atoms with Crippen molar-refractivity contribution in [3.8, 4) is 0 Å². The average Bonchev–Trinajstić information content (AvgIpc) is 2.44. The Morgan fingerprint density at radius 1 is 1.32 bits per heavy atom. The summed E-state index contributed by atoms with van der Waals surface area (Å²) in [6.07, 6.45) is 1.60. The number of aliphatic hydroxyl groups is 1. The summed E-state index contributed by atoms with van der Waals surface area (Å²) in [4.78, 5) is 25.6. The van der Waals surface area contributed by atoms with Gasteiger partial charge in [0.2, 0.25) is 5.91 Å². The highest BCUT2D eigenvalue weighted by molar-refractivity contribution is 5.82. The van der Waals surface area contributed by atoms with Crippen LogP contribution in [0.4, 0.5) is 0 Å². The fourth-order valence-electron chi connectivity index (χ4n) is 3.71. The zero-order valence-corrected chi connectivity index (χ0v) is 12.7. The molecule has 0 spiro atoms. The molecule has 1 aromatic carbocycles. The van der Waals surface area contributed by atoms with Crippen molar-refractivity contribution in [3.05, 3.63) is 35.4 Å². The Morgan fingerprint density at radius 2 is 2.00 bits per heavy atom. The molecule has 3 rings (SSSR count). The number of fused-ring (bicyclic) bond motifs is 1. The molecule has 22 heavy (non-hydrogen) atoms. The number of nitrogens with zero attached hydrogens (tertiary/aromatic N) is 1. The van der Waals surface area contributed by atoms with Crippen molar-refractivity contribution >= 4 is 11.9 Å². The maximum absolute atomic E-state index is 12.7. The summed E-state index contributed by atoms with van der Waals surface area (Å²) in [5.41, 5.74) is 1.31. The molecule has 2 N–H and O–H groups in total. The van der Waals surface area contributed by atoms with E-state index in [9.17, 15) is 19.8 Å². The Balaban J connectivity index is 1.84. The van der Waals surface area contributed by atoms with E-state index in [2.05, 4.69) is 0 Å². The van der Waals surface area contributed by atoms with Crippen molar-refractivity contribution in [1.82, 2.24) is 4.90 Å². The predicted octanol–water partition coefficient (Wildman–Crippen LogP) is 1.75. The molecular weight excluding hydrogens is 282 g/mol. The molecule has 1 amide bonds. The molecule has 0 bridgehead atoms. The largest absolute Gasteiger partial charge is 0.481 e. The summed E-state index contributed by atoms with van der Waals surface area (Å²) in [5, 5.41) is 19.0. The second kappa shape index (κ2) is 5.39. The average molecular weight is 303 g/mol. The fraction of sp³-hybridized carbons (Fsp3) is 0.529. The molecule has 118 valence electrons. The minimum Gasteiger partial charge on any atom is -0.481 e. The number of carboxylic acids is 1. The van der Waals surface area contributed by atoms with Gasteiger partial charge in [0.25, 0.3) is 0 Å². The third-order valence-electron chi connectivity index (χ3n) is 4.78. The van der Waals surface area contributed by atoms with Crippen LogP contribution in [0.15, 0.2) is 24.3 Å². The predicted molar refractivity (Wildman–Crippen MR) is 80.2 cm³/mol. The first-order chi connectivity index (χ1) is 10.4. The fourth-order valence-corrected chi connectivity index (χ4v) is 3.71. The van der Waals surface area contributed by atoms with Gasteiger partial charge < -0.3 is 15.1 Å². The van der Waals surface area contributed by atoms with Crippen LogP contribution in [-0.4, -0.2) is 39.1 Å². The lowest BCUT2D eigenvalue weighted by Gasteiger charge is -2.45. The number of benzene rings is 1. The smallest absolute Gasteiger partial charge is 0.305 e. The normalized spacial score (nSPS) is 30.4. The molecule has 5 nitrogen and oxygen atoms in total. The summed E-state index contributed by atoms with van der Waals surface area (Å²) < 4.78 is 0. The third kappa shape index (κ3) is 2.73. The van der Waals surface area contributed by atoms with Gasteiger partial charge in [-0.05, 0) is 37.3 Å². The van der Waals surface area contributed by atoms with E-state index in [1.54, 1.807) is 11.8 Å². The van der Waals surface area contributed by atoms with Gasteiger partial charge in [0, 0.05) is 12.5 Å². The van der Waals surface area contributed by atoms with Crippen LogP contribution in [0.1, 0.15) is 43.4 Å². The Hall–Kier alpha value is -1.88. The number of carbonyl (C=O) groups excluding carboxylic acids is 1. The number of carbonyl (C=O) groups is 2. The highest BCUT2D eigenvalue weighted by Crippen LogP contribution is 2.41. The van der Waals surface area contributed by atoms with E-state index in [-0.39, 0.29) is 18.2 Å². The zero-order chi connectivity index (χ0) is 15.9. The van der Waals surface area contributed by atoms with Crippen molar-refractivity contribution in [3.63, 3.8) is 0 Å². The molecule has 1 heterocycles. The van der Waals surface area contributed by atoms with Crippen LogP contribution in [0.3, 0.4) is 0 Å². The molecule has 1 aliphatic carbocycles. The molecule has 0 radical (unpaired) electrons. The second-order valence-electron chi connectivity index (χ2n) is 6.70. The monoisotopic (exact) mass is 303 g/mol. The Bertz CT molecular complexity index is 602. The minimum atomic E-state index is -0.903. The highest BCUT2D eigenvalue weighted by Gasteiger charge is 2.46. The lowest BCUT2D eigenvalue weighted by Crippen LogP contribution is -2.51. The summed E-state index contributed by atoms with van der Waals surface area (Å²) in [6, 6.07) is 7.34. The molecule has 0 unspecified atom stereocenters. The van der Waals surface area contributed by atoms with Gasteiger partial charge in [-0.15, -0.1) is 0 Å². The van der Waals surface area contributed by atoms with E-state index in [4.69, 9.17) is 0 Å². The molecular formula is C17H21NO4. The van der Waals surface area contributed by atoms with Crippen molar-refractivity contribution in [2.45, 2.75) is 44.2 Å². The Morgan fingerprint density at radius 3 is 2.64 bits per heavy atom. The number of hydrogen-bond donors (Lipinski definition) is 2. The lowest BCUT2D eigenvalue weighted by atomic mass is 9.71. The summed E-state index contributed by atoms with van der Waals surface area (Å²) in [5.74, 6) is -1.11. The van der Waals surface area contributed by atoms with Gasteiger partial charge in [0.05, 0.1) is 18.1 Å². The van der Waals surface area contributed by atoms with E-state index in [1.807, 2.05) is 24.3 Å². The van der Waals surface area contributed by atoms with Crippen LogP contribution in [0.2, 0.25) is 0 Å². The number of rotatable bonds is 3. The van der Waals surface area contributed by atoms with Crippen LogP contribution in [-0.2, 0) is 16.0 Å². The van der Waals surface area contributed by atoms with Crippen LogP contribution in [0, 0.1) is 5.92 Å². The number of hydrogen-bond acceptors (Lipinski definition) is 3. The minimum absolute atomic E-state index is 0.0210. The summed E-state index contributed by atoms with van der Waals surface area (Å²) in [6.45, 7) is 2.28. The number of amides is 1. The molecule has 1 saturated carbocycles. The van der Waals surface area contributed by atoms with E-state index in [0.717, 1.165) is 17.5 Å². The molecule has 5 heteroatoms. The molecule has 0 aromatic heterocycles. The maximum Gasteiger partial charge on any atom is 0.305 e. The maximum atomic E-state index is 12.7. The van der Waals surface area contributed by atoms with Crippen molar-refractivity contribution < 1.29 is 19.8 Å². The molecule has 1 aromatic rings. The van der Waals surface area contributed by atoms with Crippen LogP contribution >= 0.6 is 0 Å². The molecule has 1 fully saturated rings. The topological polar surface area (TPSA) is 77.8 Å². The van der Waals surface area contributed by atoms with Gasteiger partial charge in [0.15, 0.2) is 0 Å². The summed E-state index contributed by atoms with van der Waals surface area (Å²) in [7, 11) is 0. The van der Waals surface area contributed by atoms with E-state index in [1.165, 1.54) is 0 Å². The Labute approximate surface area is 129 Å². The standard InChI is InChI=1S/C17H21NO4/c1-17(22)9-12(10-17)16(21)18-7-6-11-4-2-3-5-13(11)14(18)8-15(19)20/h2-5,12,14,22H,6-10H2,1H3,(H,19,20)/t12?,14-,17?/m1/s1. The van der Waals surface area contributed by atoms with E-state index in [0.29, 0.717) is 19.4 Å². The summed E-state index contributed by atoms with van der Waals surface area (Å²) >= 11 is 0. The lowest BCUT2D eigenvalue weighted by molar-refractivity contribution is -0.154. The van der Waals surface area contributed by atoms with Gasteiger partial charge in [-0.25, -0.2) is 0 Å². The number of aliphatic carboxylic acids is 1. The van der Waals surface area contributed by atoms with E-state index < -0.39 is 17.6 Å².